The molecule has 0 aliphatic rings. The van der Waals surface area contributed by atoms with Gasteiger partial charge >= 0.3 is 0 Å². The number of hydrogen-bond acceptors (Lipinski definition) is 4. The Morgan fingerprint density at radius 2 is 1.81 bits per heavy atom. The van der Waals surface area contributed by atoms with Crippen LogP contribution >= 0.6 is 0 Å². The number of carbonyl (C=O) groups is 1. The standard InChI is InChI=1S/C22H24N2O3/c1-15-8-7-9-16(2)21(15)26-14-19-12-20(24-27-19)22(25)23-13-17(3)18-10-5-4-6-11-18/h4-12,17H,13-14H2,1-3H3,(H,23,25)/t17-/m0/s1. The van der Waals surface area contributed by atoms with Crippen molar-refractivity contribution in [2.75, 3.05) is 6.54 Å². The fraction of sp³-hybridized carbons (Fsp3) is 0.273. The molecule has 1 N–H and O–H groups in total. The predicted octanol–water partition coefficient (Wildman–Crippen LogP) is 4.40. The van der Waals surface area contributed by atoms with E-state index in [0.717, 1.165) is 16.9 Å². The Hall–Kier alpha value is -3.08. The Labute approximate surface area is 159 Å². The van der Waals surface area contributed by atoms with Gasteiger partial charge in [-0.3, -0.25) is 4.79 Å². The topological polar surface area (TPSA) is 64.4 Å². The summed E-state index contributed by atoms with van der Waals surface area (Å²) in [5, 5.41) is 6.76. The molecular weight excluding hydrogens is 340 g/mol. The van der Waals surface area contributed by atoms with Gasteiger partial charge in [0.05, 0.1) is 0 Å². The molecule has 3 aromatic rings. The van der Waals surface area contributed by atoms with E-state index in [-0.39, 0.29) is 24.1 Å². The third kappa shape index (κ3) is 4.76. The van der Waals surface area contributed by atoms with Crippen LogP contribution in [0.4, 0.5) is 0 Å². The lowest BCUT2D eigenvalue weighted by Crippen LogP contribution is -2.27. The molecule has 140 valence electrons. The van der Waals surface area contributed by atoms with Crippen LogP contribution in [-0.4, -0.2) is 17.6 Å². The van der Waals surface area contributed by atoms with E-state index in [4.69, 9.17) is 9.26 Å². The molecule has 0 aliphatic carbocycles. The number of carbonyl (C=O) groups excluding carboxylic acids is 1. The van der Waals surface area contributed by atoms with Gasteiger partial charge in [-0.25, -0.2) is 0 Å². The van der Waals surface area contributed by atoms with Crippen molar-refractivity contribution >= 4 is 5.91 Å². The van der Waals surface area contributed by atoms with Crippen molar-refractivity contribution < 1.29 is 14.1 Å². The molecule has 1 atom stereocenters. The molecule has 2 aromatic carbocycles. The molecule has 0 saturated carbocycles. The second-order valence-electron chi connectivity index (χ2n) is 6.71. The van der Waals surface area contributed by atoms with Crippen LogP contribution in [-0.2, 0) is 6.61 Å². The number of hydrogen-bond donors (Lipinski definition) is 1. The Balaban J connectivity index is 1.54. The molecule has 1 amide bonds. The van der Waals surface area contributed by atoms with Crippen molar-refractivity contribution in [1.29, 1.82) is 0 Å². The van der Waals surface area contributed by atoms with Crippen molar-refractivity contribution in [2.24, 2.45) is 0 Å². The fourth-order valence-electron chi connectivity index (χ4n) is 2.89. The largest absolute Gasteiger partial charge is 0.485 e. The van der Waals surface area contributed by atoms with E-state index in [9.17, 15) is 4.79 Å². The zero-order chi connectivity index (χ0) is 19.2. The molecule has 0 saturated heterocycles. The van der Waals surface area contributed by atoms with Crippen LogP contribution in [0.15, 0.2) is 59.1 Å². The maximum absolute atomic E-state index is 12.3. The predicted molar refractivity (Wildman–Crippen MR) is 104 cm³/mol. The highest BCUT2D eigenvalue weighted by atomic mass is 16.5. The Morgan fingerprint density at radius 3 is 2.52 bits per heavy atom. The van der Waals surface area contributed by atoms with Crippen molar-refractivity contribution in [2.45, 2.75) is 33.3 Å². The van der Waals surface area contributed by atoms with Crippen molar-refractivity contribution in [1.82, 2.24) is 10.5 Å². The van der Waals surface area contributed by atoms with E-state index < -0.39 is 0 Å². The minimum absolute atomic E-state index is 0.217. The first-order valence-electron chi connectivity index (χ1n) is 9.02. The van der Waals surface area contributed by atoms with E-state index in [0.29, 0.717) is 12.3 Å². The third-order valence-corrected chi connectivity index (χ3v) is 4.50. The average molecular weight is 364 g/mol. The first-order chi connectivity index (χ1) is 13.0. The molecule has 0 unspecified atom stereocenters. The highest BCUT2D eigenvalue weighted by Gasteiger charge is 2.15. The Kier molecular flexibility index (Phi) is 5.91. The van der Waals surface area contributed by atoms with E-state index in [1.54, 1.807) is 6.07 Å². The molecule has 0 aliphatic heterocycles. The number of ether oxygens (including phenoxy) is 1. The number of aromatic nitrogens is 1. The van der Waals surface area contributed by atoms with Crippen LogP contribution in [0.3, 0.4) is 0 Å². The van der Waals surface area contributed by atoms with Gasteiger partial charge in [-0.15, -0.1) is 0 Å². The van der Waals surface area contributed by atoms with Crippen LogP contribution in [0.5, 0.6) is 5.75 Å². The van der Waals surface area contributed by atoms with Gasteiger partial charge in [0.15, 0.2) is 11.5 Å². The molecule has 27 heavy (non-hydrogen) atoms. The van der Waals surface area contributed by atoms with Crippen molar-refractivity contribution in [3.8, 4) is 5.75 Å². The summed E-state index contributed by atoms with van der Waals surface area (Å²) < 4.78 is 11.1. The van der Waals surface area contributed by atoms with E-state index in [1.165, 1.54) is 5.56 Å². The lowest BCUT2D eigenvalue weighted by atomic mass is 10.0. The monoisotopic (exact) mass is 364 g/mol. The van der Waals surface area contributed by atoms with Crippen LogP contribution in [0.2, 0.25) is 0 Å². The lowest BCUT2D eigenvalue weighted by Gasteiger charge is -2.12. The summed E-state index contributed by atoms with van der Waals surface area (Å²) in [4.78, 5) is 12.3. The van der Waals surface area contributed by atoms with Crippen molar-refractivity contribution in [3.63, 3.8) is 0 Å². The highest BCUT2D eigenvalue weighted by molar-refractivity contribution is 5.92. The maximum atomic E-state index is 12.3. The van der Waals surface area contributed by atoms with Crippen LogP contribution in [0, 0.1) is 13.8 Å². The van der Waals surface area contributed by atoms with E-state index >= 15 is 0 Å². The highest BCUT2D eigenvalue weighted by Crippen LogP contribution is 2.23. The van der Waals surface area contributed by atoms with Crippen molar-refractivity contribution in [3.05, 3.63) is 82.7 Å². The summed E-state index contributed by atoms with van der Waals surface area (Å²) in [6.45, 7) is 6.82. The van der Waals surface area contributed by atoms with Crippen LogP contribution in [0.25, 0.3) is 0 Å². The normalized spacial score (nSPS) is 11.8. The number of nitrogens with one attached hydrogen (secondary N) is 1. The lowest BCUT2D eigenvalue weighted by molar-refractivity contribution is 0.0942. The quantitative estimate of drug-likeness (QED) is 0.675. The number of amides is 1. The van der Waals surface area contributed by atoms with Gasteiger partial charge in [0.1, 0.15) is 12.4 Å². The molecule has 3 rings (SSSR count). The molecule has 1 aromatic heterocycles. The molecule has 0 radical (unpaired) electrons. The molecule has 1 heterocycles. The molecule has 0 spiro atoms. The minimum atomic E-state index is -0.250. The summed E-state index contributed by atoms with van der Waals surface area (Å²) in [5.41, 5.74) is 3.56. The second-order valence-corrected chi connectivity index (χ2v) is 6.71. The summed E-state index contributed by atoms with van der Waals surface area (Å²) in [6.07, 6.45) is 0. The van der Waals surface area contributed by atoms with Gasteiger partial charge in [-0.2, -0.15) is 0 Å². The molecular formula is C22H24N2O3. The first-order valence-corrected chi connectivity index (χ1v) is 9.02. The van der Waals surface area contributed by atoms with E-state index in [2.05, 4.69) is 29.5 Å². The first kappa shape index (κ1) is 18.7. The summed E-state index contributed by atoms with van der Waals surface area (Å²) >= 11 is 0. The molecule has 5 nitrogen and oxygen atoms in total. The zero-order valence-electron chi connectivity index (χ0n) is 15.9. The SMILES string of the molecule is Cc1cccc(C)c1OCc1cc(C(=O)NC[C@H](C)c2ccccc2)no1. The minimum Gasteiger partial charge on any atom is -0.485 e. The number of aryl methyl sites for hydroxylation is 2. The fourth-order valence-corrected chi connectivity index (χ4v) is 2.89. The number of benzene rings is 2. The number of rotatable bonds is 7. The number of nitrogens with zero attached hydrogens (tertiary/aromatic N) is 1. The second kappa shape index (κ2) is 8.54. The Morgan fingerprint density at radius 1 is 1.11 bits per heavy atom. The Bertz CT molecular complexity index is 883. The van der Waals surface area contributed by atoms with Gasteiger partial charge in [0.2, 0.25) is 0 Å². The van der Waals surface area contributed by atoms with Gasteiger partial charge in [0, 0.05) is 12.6 Å². The van der Waals surface area contributed by atoms with Gasteiger partial charge in [-0.1, -0.05) is 60.6 Å². The zero-order valence-corrected chi connectivity index (χ0v) is 15.9. The van der Waals surface area contributed by atoms with Crippen LogP contribution in [0.1, 0.15) is 45.8 Å². The van der Waals surface area contributed by atoms with Gasteiger partial charge in [-0.05, 0) is 36.5 Å². The smallest absolute Gasteiger partial charge is 0.273 e. The molecule has 0 bridgehead atoms. The van der Waals surface area contributed by atoms with Crippen LogP contribution < -0.4 is 10.1 Å². The van der Waals surface area contributed by atoms with E-state index in [1.807, 2.05) is 50.2 Å². The third-order valence-electron chi connectivity index (χ3n) is 4.50. The number of para-hydroxylation sites is 1. The molecule has 5 heteroatoms. The summed E-state index contributed by atoms with van der Waals surface area (Å²) in [7, 11) is 0. The average Bonchev–Trinajstić information content (AvgIpc) is 3.15. The molecule has 0 fully saturated rings. The van der Waals surface area contributed by atoms with Gasteiger partial charge in [0.25, 0.3) is 5.91 Å². The van der Waals surface area contributed by atoms with Gasteiger partial charge < -0.3 is 14.6 Å². The summed E-state index contributed by atoms with van der Waals surface area (Å²) in [5.74, 6) is 1.31. The maximum Gasteiger partial charge on any atom is 0.273 e. The summed E-state index contributed by atoms with van der Waals surface area (Å²) in [6, 6.07) is 17.7.